The van der Waals surface area contributed by atoms with Crippen molar-refractivity contribution < 1.29 is 13.9 Å². The summed E-state index contributed by atoms with van der Waals surface area (Å²) in [7, 11) is 0. The fourth-order valence-corrected chi connectivity index (χ4v) is 4.68. The van der Waals surface area contributed by atoms with Gasteiger partial charge in [0.15, 0.2) is 0 Å². The van der Waals surface area contributed by atoms with Crippen LogP contribution in [-0.4, -0.2) is 12.1 Å². The van der Waals surface area contributed by atoms with Crippen LogP contribution in [0.25, 0.3) is 21.4 Å². The number of halogens is 1. The minimum atomic E-state index is -0.351. The van der Waals surface area contributed by atoms with Crippen molar-refractivity contribution in [1.82, 2.24) is 5.43 Å². The predicted molar refractivity (Wildman–Crippen MR) is 119 cm³/mol. The number of carbonyl (C=O) groups is 1. The second-order valence-corrected chi connectivity index (χ2v) is 8.58. The van der Waals surface area contributed by atoms with E-state index in [1.807, 2.05) is 30.3 Å². The molecule has 2 aromatic heterocycles. The normalized spacial score (nSPS) is 12.4. The SMILES string of the molecule is O=C(N/N=C/c1coc2ccc(Br)cc2c1=O)c1cc2c(s1)-c1ccccc1OC2. The zero-order valence-electron chi connectivity index (χ0n) is 15.3. The molecule has 3 heterocycles. The van der Waals surface area contributed by atoms with E-state index in [1.165, 1.54) is 23.8 Å². The molecule has 1 N–H and O–H groups in total. The lowest BCUT2D eigenvalue weighted by Gasteiger charge is -2.16. The molecular weight excluding hydrogens is 468 g/mol. The Morgan fingerprint density at radius 3 is 2.97 bits per heavy atom. The molecule has 8 heteroatoms. The molecule has 1 aliphatic heterocycles. The largest absolute Gasteiger partial charge is 0.488 e. The highest BCUT2D eigenvalue weighted by atomic mass is 79.9. The predicted octanol–water partition coefficient (Wildman–Crippen LogP) is 4.94. The van der Waals surface area contributed by atoms with E-state index in [1.54, 1.807) is 18.2 Å². The Hall–Kier alpha value is -3.23. The number of carbonyl (C=O) groups excluding carboxylic acids is 1. The average molecular weight is 481 g/mol. The lowest BCUT2D eigenvalue weighted by molar-refractivity contribution is 0.0959. The van der Waals surface area contributed by atoms with E-state index in [0.29, 0.717) is 22.5 Å². The molecule has 30 heavy (non-hydrogen) atoms. The van der Waals surface area contributed by atoms with Crippen molar-refractivity contribution in [3.05, 3.63) is 85.5 Å². The number of hydrazone groups is 1. The number of nitrogens with zero attached hydrogens (tertiary/aromatic N) is 1. The molecule has 0 bridgehead atoms. The van der Waals surface area contributed by atoms with Gasteiger partial charge < -0.3 is 9.15 Å². The number of hydrogen-bond acceptors (Lipinski definition) is 6. The lowest BCUT2D eigenvalue weighted by atomic mass is 10.1. The average Bonchev–Trinajstić information content (AvgIpc) is 3.21. The number of ether oxygens (including phenoxy) is 1. The van der Waals surface area contributed by atoms with Gasteiger partial charge in [0, 0.05) is 20.5 Å². The number of para-hydroxylation sites is 1. The van der Waals surface area contributed by atoms with Crippen LogP contribution in [0.2, 0.25) is 0 Å². The van der Waals surface area contributed by atoms with Gasteiger partial charge in [-0.2, -0.15) is 5.10 Å². The fraction of sp³-hybridized carbons (Fsp3) is 0.0455. The van der Waals surface area contributed by atoms with Crippen LogP contribution in [0.5, 0.6) is 5.75 Å². The quantitative estimate of drug-likeness (QED) is 0.332. The Balaban J connectivity index is 1.37. The summed E-state index contributed by atoms with van der Waals surface area (Å²) in [6.45, 7) is 0.424. The van der Waals surface area contributed by atoms with E-state index in [4.69, 9.17) is 9.15 Å². The van der Waals surface area contributed by atoms with Gasteiger partial charge in [-0.25, -0.2) is 5.43 Å². The van der Waals surface area contributed by atoms with Gasteiger partial charge in [-0.1, -0.05) is 28.1 Å². The molecule has 1 aliphatic rings. The highest BCUT2D eigenvalue weighted by molar-refractivity contribution is 9.10. The van der Waals surface area contributed by atoms with Gasteiger partial charge in [0.25, 0.3) is 5.91 Å². The Morgan fingerprint density at radius 1 is 1.20 bits per heavy atom. The molecule has 148 valence electrons. The van der Waals surface area contributed by atoms with Crippen molar-refractivity contribution in [2.45, 2.75) is 6.61 Å². The van der Waals surface area contributed by atoms with Gasteiger partial charge >= 0.3 is 0 Å². The number of hydrogen-bond donors (Lipinski definition) is 1. The maximum atomic E-state index is 12.6. The standard InChI is InChI=1S/C22H13BrN2O4S/c23-14-5-6-18-16(8-14)20(26)13(11-29-18)9-24-25-22(27)19-7-12-10-28-17-4-2-1-3-15(17)21(12)30-19/h1-9,11H,10H2,(H,25,27)/b24-9+. The van der Waals surface area contributed by atoms with Gasteiger partial charge in [-0.3, -0.25) is 9.59 Å². The van der Waals surface area contributed by atoms with Crippen molar-refractivity contribution in [1.29, 1.82) is 0 Å². The molecule has 6 nitrogen and oxygen atoms in total. The summed E-state index contributed by atoms with van der Waals surface area (Å²) in [6.07, 6.45) is 2.61. The Kier molecular flexibility index (Phi) is 4.72. The molecule has 5 rings (SSSR count). The van der Waals surface area contributed by atoms with E-state index < -0.39 is 0 Å². The van der Waals surface area contributed by atoms with Crippen LogP contribution in [0.4, 0.5) is 0 Å². The fourth-order valence-electron chi connectivity index (χ4n) is 3.23. The summed E-state index contributed by atoms with van der Waals surface area (Å²) >= 11 is 4.73. The molecule has 0 spiro atoms. The summed E-state index contributed by atoms with van der Waals surface area (Å²) in [5.41, 5.74) is 4.92. The van der Waals surface area contributed by atoms with Crippen molar-refractivity contribution in [2.24, 2.45) is 5.10 Å². The summed E-state index contributed by atoms with van der Waals surface area (Å²) in [4.78, 5) is 26.7. The molecule has 0 unspecified atom stereocenters. The first-order valence-electron chi connectivity index (χ1n) is 8.99. The summed E-state index contributed by atoms with van der Waals surface area (Å²) in [5.74, 6) is 0.461. The van der Waals surface area contributed by atoms with Gasteiger partial charge in [-0.05, 0) is 36.4 Å². The van der Waals surface area contributed by atoms with Crippen molar-refractivity contribution in [3.8, 4) is 16.2 Å². The van der Waals surface area contributed by atoms with Crippen LogP contribution in [0, 0.1) is 0 Å². The van der Waals surface area contributed by atoms with E-state index in [2.05, 4.69) is 26.5 Å². The van der Waals surface area contributed by atoms with Crippen LogP contribution in [0.15, 0.2) is 73.6 Å². The van der Waals surface area contributed by atoms with Crippen LogP contribution < -0.4 is 15.6 Å². The minimum absolute atomic E-state index is 0.226. The smallest absolute Gasteiger partial charge is 0.281 e. The number of amides is 1. The second kappa shape index (κ2) is 7.55. The summed E-state index contributed by atoms with van der Waals surface area (Å²) in [6, 6.07) is 14.7. The first-order chi connectivity index (χ1) is 14.6. The first kappa shape index (κ1) is 18.8. The topological polar surface area (TPSA) is 80.9 Å². The third kappa shape index (κ3) is 3.34. The van der Waals surface area contributed by atoms with Crippen LogP contribution >= 0.6 is 27.3 Å². The Bertz CT molecular complexity index is 1390. The number of nitrogens with one attached hydrogen (secondary N) is 1. The van der Waals surface area contributed by atoms with E-state index in [-0.39, 0.29) is 16.9 Å². The van der Waals surface area contributed by atoms with Crippen molar-refractivity contribution in [2.75, 3.05) is 0 Å². The molecule has 4 aromatic rings. The summed E-state index contributed by atoms with van der Waals surface area (Å²) < 4.78 is 12.0. The van der Waals surface area contributed by atoms with E-state index in [0.717, 1.165) is 26.2 Å². The van der Waals surface area contributed by atoms with E-state index >= 15 is 0 Å². The Labute approximate surface area is 182 Å². The molecule has 0 atom stereocenters. The van der Waals surface area contributed by atoms with Gasteiger partial charge in [0.05, 0.1) is 22.0 Å². The third-order valence-corrected chi connectivity index (χ3v) is 6.38. The maximum Gasteiger partial charge on any atom is 0.281 e. The van der Waals surface area contributed by atoms with Gasteiger partial charge in [0.1, 0.15) is 24.2 Å². The monoisotopic (exact) mass is 480 g/mol. The van der Waals surface area contributed by atoms with Crippen LogP contribution in [-0.2, 0) is 6.61 Å². The van der Waals surface area contributed by atoms with Crippen molar-refractivity contribution >= 4 is 50.4 Å². The van der Waals surface area contributed by atoms with Crippen molar-refractivity contribution in [3.63, 3.8) is 0 Å². The maximum absolute atomic E-state index is 12.6. The first-order valence-corrected chi connectivity index (χ1v) is 10.6. The number of fused-ring (bicyclic) bond motifs is 4. The molecule has 0 fully saturated rings. The number of benzene rings is 2. The van der Waals surface area contributed by atoms with E-state index in [9.17, 15) is 9.59 Å². The molecule has 1 amide bonds. The molecule has 0 radical (unpaired) electrons. The summed E-state index contributed by atoms with van der Waals surface area (Å²) in [5, 5.41) is 4.37. The van der Waals surface area contributed by atoms with Crippen LogP contribution in [0.3, 0.4) is 0 Å². The number of rotatable bonds is 3. The highest BCUT2D eigenvalue weighted by Crippen LogP contribution is 2.42. The van der Waals surface area contributed by atoms with Gasteiger partial charge in [-0.15, -0.1) is 11.3 Å². The zero-order chi connectivity index (χ0) is 20.7. The number of thiophene rings is 1. The minimum Gasteiger partial charge on any atom is -0.488 e. The Morgan fingerprint density at radius 2 is 2.07 bits per heavy atom. The lowest BCUT2D eigenvalue weighted by Crippen LogP contribution is -2.17. The molecule has 0 aliphatic carbocycles. The molecule has 2 aromatic carbocycles. The molecular formula is C22H13BrN2O4S. The van der Waals surface area contributed by atoms with Crippen LogP contribution in [0.1, 0.15) is 20.8 Å². The third-order valence-electron chi connectivity index (χ3n) is 4.68. The highest BCUT2D eigenvalue weighted by Gasteiger charge is 2.22. The molecule has 0 saturated heterocycles. The second-order valence-electron chi connectivity index (χ2n) is 6.61. The van der Waals surface area contributed by atoms with Gasteiger partial charge in [0.2, 0.25) is 5.43 Å². The zero-order valence-corrected chi connectivity index (χ0v) is 17.7. The molecule has 0 saturated carbocycles.